The smallest absolute Gasteiger partial charge is 0.0833 e. The Morgan fingerprint density at radius 2 is 2.46 bits per heavy atom. The number of ether oxygens (including phenoxy) is 1. The molecule has 1 rings (SSSR count). The van der Waals surface area contributed by atoms with E-state index in [2.05, 4.69) is 5.10 Å². The van der Waals surface area contributed by atoms with Crippen molar-refractivity contribution in [2.45, 2.75) is 19.5 Å². The van der Waals surface area contributed by atoms with Crippen molar-refractivity contribution in [1.29, 1.82) is 0 Å². The molecule has 13 heavy (non-hydrogen) atoms. The van der Waals surface area contributed by atoms with Gasteiger partial charge >= 0.3 is 0 Å². The molecule has 0 amide bonds. The van der Waals surface area contributed by atoms with Crippen LogP contribution in [0, 0.1) is 0 Å². The molecule has 0 fully saturated rings. The van der Waals surface area contributed by atoms with Gasteiger partial charge in [-0.15, -0.1) is 0 Å². The number of rotatable bonds is 4. The zero-order valence-corrected chi connectivity index (χ0v) is 8.58. The average molecular weight is 204 g/mol. The quantitative estimate of drug-likeness (QED) is 0.800. The Bertz CT molecular complexity index is 272. The van der Waals surface area contributed by atoms with E-state index in [4.69, 9.17) is 22.1 Å². The van der Waals surface area contributed by atoms with Crippen LogP contribution in [-0.4, -0.2) is 23.5 Å². The summed E-state index contributed by atoms with van der Waals surface area (Å²) in [6.45, 7) is 3.17. The monoisotopic (exact) mass is 203 g/mol. The maximum atomic E-state index is 5.91. The molecule has 5 heteroatoms. The first kappa shape index (κ1) is 10.5. The van der Waals surface area contributed by atoms with Gasteiger partial charge in [-0.05, 0) is 6.92 Å². The SMILES string of the molecule is COCCn1ncc(Cl)c1C(C)N. The highest BCUT2D eigenvalue weighted by atomic mass is 35.5. The van der Waals surface area contributed by atoms with Crippen LogP contribution in [0.1, 0.15) is 18.7 Å². The van der Waals surface area contributed by atoms with Gasteiger partial charge in [-0.2, -0.15) is 5.10 Å². The zero-order chi connectivity index (χ0) is 9.84. The number of nitrogens with two attached hydrogens (primary N) is 1. The van der Waals surface area contributed by atoms with Crippen molar-refractivity contribution in [3.05, 3.63) is 16.9 Å². The molecule has 74 valence electrons. The number of hydrogen-bond donors (Lipinski definition) is 1. The Labute approximate surface area is 82.6 Å². The second-order valence-electron chi connectivity index (χ2n) is 2.88. The summed E-state index contributed by atoms with van der Waals surface area (Å²) >= 11 is 5.91. The van der Waals surface area contributed by atoms with Crippen molar-refractivity contribution in [3.8, 4) is 0 Å². The first-order valence-electron chi connectivity index (χ1n) is 4.12. The van der Waals surface area contributed by atoms with Crippen molar-refractivity contribution < 1.29 is 4.74 Å². The predicted octanol–water partition coefficient (Wildman–Crippen LogP) is 1.20. The molecule has 0 bridgehead atoms. The molecular formula is C8H14ClN3O. The number of nitrogens with zero attached hydrogens (tertiary/aromatic N) is 2. The van der Waals surface area contributed by atoms with Crippen molar-refractivity contribution in [2.75, 3.05) is 13.7 Å². The average Bonchev–Trinajstić information content (AvgIpc) is 2.43. The van der Waals surface area contributed by atoms with Gasteiger partial charge in [0.05, 0.1) is 30.1 Å². The third-order valence-corrected chi connectivity index (χ3v) is 2.06. The van der Waals surface area contributed by atoms with Gasteiger partial charge in [0, 0.05) is 13.2 Å². The van der Waals surface area contributed by atoms with E-state index in [1.807, 2.05) is 6.92 Å². The third kappa shape index (κ3) is 2.43. The van der Waals surface area contributed by atoms with Gasteiger partial charge in [-0.1, -0.05) is 11.6 Å². The van der Waals surface area contributed by atoms with Crippen LogP contribution < -0.4 is 5.73 Å². The summed E-state index contributed by atoms with van der Waals surface area (Å²) in [6, 6.07) is -0.105. The van der Waals surface area contributed by atoms with Gasteiger partial charge in [0.2, 0.25) is 0 Å². The van der Waals surface area contributed by atoms with Crippen molar-refractivity contribution in [3.63, 3.8) is 0 Å². The van der Waals surface area contributed by atoms with Crippen LogP contribution in [0.5, 0.6) is 0 Å². The fraction of sp³-hybridized carbons (Fsp3) is 0.625. The highest BCUT2D eigenvalue weighted by Crippen LogP contribution is 2.20. The van der Waals surface area contributed by atoms with E-state index in [0.717, 1.165) is 5.69 Å². The number of methoxy groups -OCH3 is 1. The Morgan fingerprint density at radius 3 is 3.00 bits per heavy atom. The molecule has 1 aromatic rings. The lowest BCUT2D eigenvalue weighted by molar-refractivity contribution is 0.182. The molecule has 0 saturated heterocycles. The van der Waals surface area contributed by atoms with E-state index < -0.39 is 0 Å². The van der Waals surface area contributed by atoms with Gasteiger partial charge in [-0.3, -0.25) is 4.68 Å². The van der Waals surface area contributed by atoms with Crippen LogP contribution in [-0.2, 0) is 11.3 Å². The molecule has 0 aliphatic heterocycles. The van der Waals surface area contributed by atoms with Crippen molar-refractivity contribution in [2.24, 2.45) is 5.73 Å². The van der Waals surface area contributed by atoms with Crippen LogP contribution in [0.2, 0.25) is 5.02 Å². The Morgan fingerprint density at radius 1 is 1.77 bits per heavy atom. The molecule has 0 aliphatic rings. The topological polar surface area (TPSA) is 53.1 Å². The molecular weight excluding hydrogens is 190 g/mol. The second-order valence-corrected chi connectivity index (χ2v) is 3.29. The molecule has 0 aliphatic carbocycles. The fourth-order valence-electron chi connectivity index (χ4n) is 1.18. The molecule has 1 unspecified atom stereocenters. The molecule has 0 saturated carbocycles. The van der Waals surface area contributed by atoms with Gasteiger partial charge in [0.1, 0.15) is 0 Å². The normalized spacial score (nSPS) is 13.2. The third-order valence-electron chi connectivity index (χ3n) is 1.77. The van der Waals surface area contributed by atoms with Crippen molar-refractivity contribution in [1.82, 2.24) is 9.78 Å². The molecule has 0 spiro atoms. The maximum absolute atomic E-state index is 5.91. The summed E-state index contributed by atoms with van der Waals surface area (Å²) < 4.78 is 6.72. The van der Waals surface area contributed by atoms with Crippen molar-refractivity contribution >= 4 is 11.6 Å². The summed E-state index contributed by atoms with van der Waals surface area (Å²) in [7, 11) is 1.65. The van der Waals surface area contributed by atoms with Crippen LogP contribution >= 0.6 is 11.6 Å². The van der Waals surface area contributed by atoms with Crippen LogP contribution in [0.4, 0.5) is 0 Å². The lowest BCUT2D eigenvalue weighted by atomic mass is 10.2. The van der Waals surface area contributed by atoms with Gasteiger partial charge in [-0.25, -0.2) is 0 Å². The summed E-state index contributed by atoms with van der Waals surface area (Å²) in [6.07, 6.45) is 1.61. The van der Waals surface area contributed by atoms with E-state index in [1.165, 1.54) is 0 Å². The largest absolute Gasteiger partial charge is 0.383 e. The van der Waals surface area contributed by atoms with E-state index >= 15 is 0 Å². The van der Waals surface area contributed by atoms with Crippen LogP contribution in [0.15, 0.2) is 6.20 Å². The summed E-state index contributed by atoms with van der Waals surface area (Å²) in [5, 5.41) is 4.72. The van der Waals surface area contributed by atoms with Gasteiger partial charge in [0.15, 0.2) is 0 Å². The molecule has 1 atom stereocenters. The fourth-order valence-corrected chi connectivity index (χ4v) is 1.49. The predicted molar refractivity (Wildman–Crippen MR) is 51.7 cm³/mol. The molecule has 1 heterocycles. The first-order chi connectivity index (χ1) is 6.16. The minimum atomic E-state index is -0.105. The van der Waals surface area contributed by atoms with Crippen LogP contribution in [0.25, 0.3) is 0 Å². The van der Waals surface area contributed by atoms with Gasteiger partial charge in [0.25, 0.3) is 0 Å². The summed E-state index contributed by atoms with van der Waals surface area (Å²) in [4.78, 5) is 0. The molecule has 2 N–H and O–H groups in total. The lowest BCUT2D eigenvalue weighted by Gasteiger charge is -2.09. The Hall–Kier alpha value is -0.580. The minimum absolute atomic E-state index is 0.105. The van der Waals surface area contributed by atoms with Gasteiger partial charge < -0.3 is 10.5 Å². The zero-order valence-electron chi connectivity index (χ0n) is 7.83. The molecule has 0 aromatic carbocycles. The van der Waals surface area contributed by atoms with E-state index in [0.29, 0.717) is 18.2 Å². The first-order valence-corrected chi connectivity index (χ1v) is 4.50. The highest BCUT2D eigenvalue weighted by Gasteiger charge is 2.12. The summed E-state index contributed by atoms with van der Waals surface area (Å²) in [5.41, 5.74) is 6.61. The molecule has 0 radical (unpaired) electrons. The number of hydrogen-bond acceptors (Lipinski definition) is 3. The standard InChI is InChI=1S/C8H14ClN3O/c1-6(10)8-7(9)5-11-12(8)3-4-13-2/h5-6H,3-4,10H2,1-2H3. The number of aromatic nitrogens is 2. The Balaban J connectivity index is 2.81. The minimum Gasteiger partial charge on any atom is -0.383 e. The summed E-state index contributed by atoms with van der Waals surface area (Å²) in [5.74, 6) is 0. The maximum Gasteiger partial charge on any atom is 0.0833 e. The molecule has 1 aromatic heterocycles. The van der Waals surface area contributed by atoms with E-state index in [-0.39, 0.29) is 6.04 Å². The van der Waals surface area contributed by atoms with E-state index in [1.54, 1.807) is 18.0 Å². The second kappa shape index (κ2) is 4.60. The molecule has 4 nitrogen and oxygen atoms in total. The van der Waals surface area contributed by atoms with E-state index in [9.17, 15) is 0 Å². The number of halogens is 1. The highest BCUT2D eigenvalue weighted by molar-refractivity contribution is 6.31. The Kier molecular flexibility index (Phi) is 3.71. The van der Waals surface area contributed by atoms with Crippen LogP contribution in [0.3, 0.4) is 0 Å². The lowest BCUT2D eigenvalue weighted by Crippen LogP contribution is -2.15.